The summed E-state index contributed by atoms with van der Waals surface area (Å²) in [6, 6.07) is 12.8. The molecule has 2 aromatic rings. The van der Waals surface area contributed by atoms with E-state index in [1.165, 1.54) is 6.92 Å². The summed E-state index contributed by atoms with van der Waals surface area (Å²) in [5.74, 6) is 0.114. The van der Waals surface area contributed by atoms with Gasteiger partial charge >= 0.3 is 5.97 Å². The lowest BCUT2D eigenvalue weighted by Crippen LogP contribution is -2.31. The fraction of sp³-hybridized carbons (Fsp3) is 0.333. The molecule has 1 amide bonds. The molecule has 0 aromatic heterocycles. The first-order valence-corrected chi connectivity index (χ1v) is 8.83. The van der Waals surface area contributed by atoms with Gasteiger partial charge in [0.25, 0.3) is 5.91 Å². The number of anilines is 1. The normalized spacial score (nSPS) is 11.4. The molecule has 0 fully saturated rings. The monoisotopic (exact) mass is 371 g/mol. The van der Waals surface area contributed by atoms with Crippen LogP contribution in [0.1, 0.15) is 25.0 Å². The number of rotatable bonds is 8. The van der Waals surface area contributed by atoms with Gasteiger partial charge in [0.1, 0.15) is 11.5 Å². The van der Waals surface area contributed by atoms with Gasteiger partial charge in [0, 0.05) is 0 Å². The summed E-state index contributed by atoms with van der Waals surface area (Å²) in [5.41, 5.74) is 2.57. The minimum atomic E-state index is -0.963. The zero-order valence-electron chi connectivity index (χ0n) is 16.1. The van der Waals surface area contributed by atoms with E-state index in [4.69, 9.17) is 14.2 Å². The largest absolute Gasteiger partial charge is 0.492 e. The van der Waals surface area contributed by atoms with Crippen molar-refractivity contribution in [3.63, 3.8) is 0 Å². The Morgan fingerprint density at radius 2 is 1.78 bits per heavy atom. The Morgan fingerprint density at radius 1 is 1.04 bits per heavy atom. The van der Waals surface area contributed by atoms with Crippen molar-refractivity contribution in [2.24, 2.45) is 0 Å². The molecule has 6 heteroatoms. The summed E-state index contributed by atoms with van der Waals surface area (Å²) >= 11 is 0. The lowest BCUT2D eigenvalue weighted by Gasteiger charge is -2.16. The van der Waals surface area contributed by atoms with E-state index in [9.17, 15) is 9.59 Å². The van der Waals surface area contributed by atoms with Crippen molar-refractivity contribution in [2.45, 2.75) is 33.8 Å². The van der Waals surface area contributed by atoms with E-state index >= 15 is 0 Å². The predicted octanol–water partition coefficient (Wildman–Crippen LogP) is 3.65. The molecule has 0 aliphatic heterocycles. The number of esters is 1. The molecule has 0 bridgehead atoms. The Hall–Kier alpha value is -3.02. The van der Waals surface area contributed by atoms with Gasteiger partial charge in [-0.3, -0.25) is 4.79 Å². The van der Waals surface area contributed by atoms with Crippen LogP contribution in [0.25, 0.3) is 0 Å². The van der Waals surface area contributed by atoms with Crippen LogP contribution >= 0.6 is 0 Å². The first kappa shape index (κ1) is 20.3. The molecule has 1 N–H and O–H groups in total. The molecule has 0 saturated carbocycles. The maximum Gasteiger partial charge on any atom is 0.344 e. The van der Waals surface area contributed by atoms with Crippen molar-refractivity contribution < 1.29 is 23.8 Å². The van der Waals surface area contributed by atoms with Crippen molar-refractivity contribution in [3.8, 4) is 11.5 Å². The van der Waals surface area contributed by atoms with E-state index in [2.05, 4.69) is 5.32 Å². The van der Waals surface area contributed by atoms with E-state index < -0.39 is 18.0 Å². The van der Waals surface area contributed by atoms with E-state index in [0.29, 0.717) is 23.8 Å². The van der Waals surface area contributed by atoms with Crippen LogP contribution in [0.2, 0.25) is 0 Å². The quantitative estimate of drug-likeness (QED) is 0.717. The molecule has 0 aliphatic carbocycles. The fourth-order valence-electron chi connectivity index (χ4n) is 2.47. The Kier molecular flexibility index (Phi) is 7.23. The minimum absolute atomic E-state index is 0.267. The summed E-state index contributed by atoms with van der Waals surface area (Å²) in [7, 11) is 0. The molecule has 0 spiro atoms. The number of para-hydroxylation sites is 2. The molecule has 0 aliphatic rings. The summed E-state index contributed by atoms with van der Waals surface area (Å²) in [4.78, 5) is 24.3. The smallest absolute Gasteiger partial charge is 0.344 e. The molecule has 0 unspecified atom stereocenters. The highest BCUT2D eigenvalue weighted by molar-refractivity contribution is 5.96. The van der Waals surface area contributed by atoms with E-state index in [1.54, 1.807) is 24.3 Å². The highest BCUT2D eigenvalue weighted by atomic mass is 16.6. The molecule has 2 aromatic carbocycles. The molecule has 6 nitrogen and oxygen atoms in total. The van der Waals surface area contributed by atoms with Crippen LogP contribution in [-0.4, -0.2) is 31.2 Å². The van der Waals surface area contributed by atoms with Crippen LogP contribution in [0.4, 0.5) is 5.69 Å². The second-order valence-corrected chi connectivity index (χ2v) is 6.11. The zero-order valence-corrected chi connectivity index (χ0v) is 16.1. The maximum atomic E-state index is 12.3. The lowest BCUT2D eigenvalue weighted by molar-refractivity contribution is -0.155. The van der Waals surface area contributed by atoms with Crippen molar-refractivity contribution in [2.75, 3.05) is 18.5 Å². The van der Waals surface area contributed by atoms with Crippen LogP contribution in [0.5, 0.6) is 11.5 Å². The second-order valence-electron chi connectivity index (χ2n) is 6.11. The number of benzene rings is 2. The topological polar surface area (TPSA) is 73.9 Å². The first-order chi connectivity index (χ1) is 12.9. The van der Waals surface area contributed by atoms with E-state index in [-0.39, 0.29) is 6.61 Å². The Labute approximate surface area is 159 Å². The Bertz CT molecular complexity index is 803. The average Bonchev–Trinajstić information content (AvgIpc) is 2.62. The number of hydrogen-bond donors (Lipinski definition) is 1. The molecule has 27 heavy (non-hydrogen) atoms. The maximum absolute atomic E-state index is 12.3. The van der Waals surface area contributed by atoms with Crippen LogP contribution in [0, 0.1) is 13.8 Å². The molecule has 1 atom stereocenters. The van der Waals surface area contributed by atoms with Gasteiger partial charge in [-0.25, -0.2) is 4.79 Å². The number of carbonyl (C=O) groups excluding carboxylic acids is 2. The van der Waals surface area contributed by atoms with Crippen molar-refractivity contribution in [1.82, 2.24) is 0 Å². The van der Waals surface area contributed by atoms with Crippen LogP contribution in [0.15, 0.2) is 42.5 Å². The number of ether oxygens (including phenoxy) is 3. The molecule has 144 valence electrons. The number of nitrogens with one attached hydrogen (secondary N) is 1. The van der Waals surface area contributed by atoms with E-state index in [0.717, 1.165) is 11.1 Å². The number of amides is 1. The Morgan fingerprint density at radius 3 is 2.48 bits per heavy atom. The summed E-state index contributed by atoms with van der Waals surface area (Å²) < 4.78 is 16.1. The third kappa shape index (κ3) is 6.02. The van der Waals surface area contributed by atoms with Gasteiger partial charge < -0.3 is 19.5 Å². The molecule has 0 saturated heterocycles. The van der Waals surface area contributed by atoms with Gasteiger partial charge in [0.2, 0.25) is 0 Å². The summed E-state index contributed by atoms with van der Waals surface area (Å²) in [5, 5.41) is 2.71. The highest BCUT2D eigenvalue weighted by Gasteiger charge is 2.19. The number of hydrogen-bond acceptors (Lipinski definition) is 5. The van der Waals surface area contributed by atoms with Gasteiger partial charge in [-0.1, -0.05) is 29.8 Å². The van der Waals surface area contributed by atoms with Gasteiger partial charge in [-0.05, 0) is 51.5 Å². The first-order valence-electron chi connectivity index (χ1n) is 8.83. The van der Waals surface area contributed by atoms with Crippen LogP contribution < -0.4 is 14.8 Å². The fourth-order valence-corrected chi connectivity index (χ4v) is 2.47. The minimum Gasteiger partial charge on any atom is -0.492 e. The summed E-state index contributed by atoms with van der Waals surface area (Å²) in [6.07, 6.45) is -0.963. The predicted molar refractivity (Wildman–Crippen MR) is 103 cm³/mol. The van der Waals surface area contributed by atoms with Crippen molar-refractivity contribution >= 4 is 17.6 Å². The second kappa shape index (κ2) is 9.62. The Balaban J connectivity index is 1.87. The van der Waals surface area contributed by atoms with Gasteiger partial charge in [0.05, 0.1) is 12.3 Å². The number of aryl methyl sites for hydroxylation is 2. The van der Waals surface area contributed by atoms with E-state index in [1.807, 2.05) is 39.0 Å². The molecule has 0 radical (unpaired) electrons. The molecular formula is C21H25NO5. The third-order valence-corrected chi connectivity index (χ3v) is 3.80. The van der Waals surface area contributed by atoms with Gasteiger partial charge in [-0.2, -0.15) is 0 Å². The highest BCUT2D eigenvalue weighted by Crippen LogP contribution is 2.24. The number of carbonyl (C=O) groups is 2. The summed E-state index contributed by atoms with van der Waals surface area (Å²) in [6.45, 7) is 7.46. The average molecular weight is 371 g/mol. The molecular weight excluding hydrogens is 346 g/mol. The van der Waals surface area contributed by atoms with Crippen LogP contribution in [0.3, 0.4) is 0 Å². The lowest BCUT2D eigenvalue weighted by atomic mass is 10.1. The zero-order chi connectivity index (χ0) is 19.8. The molecule has 0 heterocycles. The van der Waals surface area contributed by atoms with Crippen LogP contribution in [-0.2, 0) is 14.3 Å². The van der Waals surface area contributed by atoms with Crippen molar-refractivity contribution in [1.29, 1.82) is 0 Å². The molecule has 2 rings (SSSR count). The third-order valence-electron chi connectivity index (χ3n) is 3.80. The van der Waals surface area contributed by atoms with Gasteiger partial charge in [0.15, 0.2) is 12.7 Å². The van der Waals surface area contributed by atoms with Gasteiger partial charge in [-0.15, -0.1) is 0 Å². The standard InChI is InChI=1S/C21H25NO5/c1-5-25-19-9-7-6-8-17(19)22-21(24)16(4)27-20(23)13-26-18-11-10-14(2)12-15(18)3/h6-12,16H,5,13H2,1-4H3,(H,22,24)/t16-/m0/s1. The SMILES string of the molecule is CCOc1ccccc1NC(=O)[C@H](C)OC(=O)COc1ccc(C)cc1C. The van der Waals surface area contributed by atoms with Crippen molar-refractivity contribution in [3.05, 3.63) is 53.6 Å².